The molecule has 98 valence electrons. The van der Waals surface area contributed by atoms with Crippen LogP contribution in [0.25, 0.3) is 0 Å². The third kappa shape index (κ3) is 3.03. The van der Waals surface area contributed by atoms with Crippen molar-refractivity contribution in [3.8, 4) is 0 Å². The van der Waals surface area contributed by atoms with E-state index in [2.05, 4.69) is 19.2 Å². The zero-order chi connectivity index (χ0) is 13.0. The number of nitrogens with zero attached hydrogens (tertiary/aromatic N) is 1. The van der Waals surface area contributed by atoms with Crippen molar-refractivity contribution in [1.29, 1.82) is 0 Å². The molecule has 0 aromatic heterocycles. The number of hydrogen-bond donors (Lipinski definition) is 1. The third-order valence-electron chi connectivity index (χ3n) is 3.62. The Kier molecular flexibility index (Phi) is 4.24. The normalized spacial score (nSPS) is 19.3. The van der Waals surface area contributed by atoms with E-state index >= 15 is 0 Å². The van der Waals surface area contributed by atoms with E-state index in [0.717, 1.165) is 24.9 Å². The Labute approximate surface area is 109 Å². The molecule has 1 heterocycles. The SMILES string of the molecule is CC(C)C1CCCN1C(=O)NCc1ccccc1. The molecule has 2 rings (SSSR count). The Morgan fingerprint density at radius 1 is 1.39 bits per heavy atom. The molecule has 1 aromatic carbocycles. The third-order valence-corrected chi connectivity index (χ3v) is 3.62. The van der Waals surface area contributed by atoms with Crippen molar-refractivity contribution in [2.45, 2.75) is 39.3 Å². The average molecular weight is 246 g/mol. The summed E-state index contributed by atoms with van der Waals surface area (Å²) in [5, 5.41) is 3.01. The van der Waals surface area contributed by atoms with Crippen LogP contribution in [0, 0.1) is 5.92 Å². The van der Waals surface area contributed by atoms with E-state index in [1.165, 1.54) is 0 Å². The molecule has 2 amide bonds. The summed E-state index contributed by atoms with van der Waals surface area (Å²) in [4.78, 5) is 14.1. The van der Waals surface area contributed by atoms with Gasteiger partial charge in [-0.3, -0.25) is 0 Å². The molecule has 18 heavy (non-hydrogen) atoms. The summed E-state index contributed by atoms with van der Waals surface area (Å²) in [6.45, 7) is 5.88. The maximum Gasteiger partial charge on any atom is 0.317 e. The van der Waals surface area contributed by atoms with Gasteiger partial charge in [-0.15, -0.1) is 0 Å². The van der Waals surface area contributed by atoms with Crippen LogP contribution in [0.4, 0.5) is 4.79 Å². The predicted molar refractivity (Wildman–Crippen MR) is 73.2 cm³/mol. The number of nitrogens with one attached hydrogen (secondary N) is 1. The summed E-state index contributed by atoms with van der Waals surface area (Å²) in [6.07, 6.45) is 2.26. The summed E-state index contributed by atoms with van der Waals surface area (Å²) in [7, 11) is 0. The molecule has 1 unspecified atom stereocenters. The van der Waals surface area contributed by atoms with Crippen LogP contribution in [0.3, 0.4) is 0 Å². The lowest BCUT2D eigenvalue weighted by molar-refractivity contribution is 0.178. The van der Waals surface area contributed by atoms with E-state index in [0.29, 0.717) is 18.5 Å². The Bertz CT molecular complexity index is 389. The number of carbonyl (C=O) groups excluding carboxylic acids is 1. The van der Waals surface area contributed by atoms with Crippen molar-refractivity contribution in [3.05, 3.63) is 35.9 Å². The lowest BCUT2D eigenvalue weighted by atomic mass is 10.0. The summed E-state index contributed by atoms with van der Waals surface area (Å²) in [5.41, 5.74) is 1.14. The molecule has 0 saturated carbocycles. The Morgan fingerprint density at radius 2 is 2.11 bits per heavy atom. The summed E-state index contributed by atoms with van der Waals surface area (Å²) in [5.74, 6) is 0.537. The minimum Gasteiger partial charge on any atom is -0.334 e. The lowest BCUT2D eigenvalue weighted by Crippen LogP contribution is -2.44. The van der Waals surface area contributed by atoms with Gasteiger partial charge in [-0.1, -0.05) is 44.2 Å². The van der Waals surface area contributed by atoms with Gasteiger partial charge in [0, 0.05) is 19.1 Å². The molecule has 0 aliphatic carbocycles. The molecule has 1 N–H and O–H groups in total. The van der Waals surface area contributed by atoms with Gasteiger partial charge in [-0.05, 0) is 24.3 Å². The van der Waals surface area contributed by atoms with Crippen molar-refractivity contribution in [2.24, 2.45) is 5.92 Å². The van der Waals surface area contributed by atoms with Crippen LogP contribution < -0.4 is 5.32 Å². The molecule has 0 spiro atoms. The van der Waals surface area contributed by atoms with Gasteiger partial charge in [0.2, 0.25) is 0 Å². The first-order chi connectivity index (χ1) is 8.68. The van der Waals surface area contributed by atoms with E-state index in [1.807, 2.05) is 35.2 Å². The highest BCUT2D eigenvalue weighted by Crippen LogP contribution is 2.23. The fraction of sp³-hybridized carbons (Fsp3) is 0.533. The first kappa shape index (κ1) is 12.9. The van der Waals surface area contributed by atoms with E-state index in [4.69, 9.17) is 0 Å². The molecule has 0 radical (unpaired) electrons. The fourth-order valence-electron chi connectivity index (χ4n) is 2.61. The van der Waals surface area contributed by atoms with Crippen molar-refractivity contribution < 1.29 is 4.79 Å². The topological polar surface area (TPSA) is 32.3 Å². The highest BCUT2D eigenvalue weighted by molar-refractivity contribution is 5.74. The van der Waals surface area contributed by atoms with Crippen molar-refractivity contribution >= 4 is 6.03 Å². The molecule has 1 aliphatic heterocycles. The van der Waals surface area contributed by atoms with E-state index in [9.17, 15) is 4.79 Å². The van der Waals surface area contributed by atoms with Gasteiger partial charge in [-0.25, -0.2) is 4.79 Å². The first-order valence-corrected chi connectivity index (χ1v) is 6.77. The zero-order valence-corrected chi connectivity index (χ0v) is 11.2. The summed E-state index contributed by atoms with van der Waals surface area (Å²) >= 11 is 0. The van der Waals surface area contributed by atoms with Gasteiger partial charge in [0.1, 0.15) is 0 Å². The van der Waals surface area contributed by atoms with Gasteiger partial charge in [0.05, 0.1) is 0 Å². The van der Waals surface area contributed by atoms with Gasteiger partial charge in [-0.2, -0.15) is 0 Å². The summed E-state index contributed by atoms with van der Waals surface area (Å²) < 4.78 is 0. The number of amides is 2. The zero-order valence-electron chi connectivity index (χ0n) is 11.2. The van der Waals surface area contributed by atoms with Crippen LogP contribution in [-0.2, 0) is 6.54 Å². The highest BCUT2D eigenvalue weighted by Gasteiger charge is 2.30. The molecule has 1 aliphatic rings. The van der Waals surface area contributed by atoms with Gasteiger partial charge < -0.3 is 10.2 Å². The van der Waals surface area contributed by atoms with Crippen molar-refractivity contribution in [2.75, 3.05) is 6.54 Å². The molecule has 3 nitrogen and oxygen atoms in total. The molecule has 0 bridgehead atoms. The minimum absolute atomic E-state index is 0.0788. The first-order valence-electron chi connectivity index (χ1n) is 6.77. The molecule has 1 aromatic rings. The Hall–Kier alpha value is -1.51. The van der Waals surface area contributed by atoms with Crippen LogP contribution in [0.15, 0.2) is 30.3 Å². The number of hydrogen-bond acceptors (Lipinski definition) is 1. The summed E-state index contributed by atoms with van der Waals surface area (Å²) in [6, 6.07) is 10.5. The van der Waals surface area contributed by atoms with E-state index < -0.39 is 0 Å². The van der Waals surface area contributed by atoms with E-state index in [1.54, 1.807) is 0 Å². The van der Waals surface area contributed by atoms with Gasteiger partial charge in [0.15, 0.2) is 0 Å². The quantitative estimate of drug-likeness (QED) is 0.873. The Morgan fingerprint density at radius 3 is 2.78 bits per heavy atom. The number of benzene rings is 1. The van der Waals surface area contributed by atoms with Gasteiger partial charge >= 0.3 is 6.03 Å². The molecular formula is C15H22N2O. The van der Waals surface area contributed by atoms with Gasteiger partial charge in [0.25, 0.3) is 0 Å². The second-order valence-corrected chi connectivity index (χ2v) is 5.29. The second kappa shape index (κ2) is 5.89. The maximum atomic E-state index is 12.1. The largest absolute Gasteiger partial charge is 0.334 e. The lowest BCUT2D eigenvalue weighted by Gasteiger charge is -2.27. The monoisotopic (exact) mass is 246 g/mol. The highest BCUT2D eigenvalue weighted by atomic mass is 16.2. The molecule has 1 saturated heterocycles. The molecule has 1 fully saturated rings. The van der Waals surface area contributed by atoms with Crippen molar-refractivity contribution in [1.82, 2.24) is 10.2 Å². The number of rotatable bonds is 3. The van der Waals surface area contributed by atoms with Crippen LogP contribution in [0.5, 0.6) is 0 Å². The van der Waals surface area contributed by atoms with Crippen LogP contribution in [0.1, 0.15) is 32.3 Å². The van der Waals surface area contributed by atoms with E-state index in [-0.39, 0.29) is 6.03 Å². The van der Waals surface area contributed by atoms with Crippen LogP contribution in [0.2, 0.25) is 0 Å². The smallest absolute Gasteiger partial charge is 0.317 e. The average Bonchev–Trinajstić information content (AvgIpc) is 2.86. The molecular weight excluding hydrogens is 224 g/mol. The number of urea groups is 1. The molecule has 3 heteroatoms. The van der Waals surface area contributed by atoms with Crippen molar-refractivity contribution in [3.63, 3.8) is 0 Å². The second-order valence-electron chi connectivity index (χ2n) is 5.29. The minimum atomic E-state index is 0.0788. The Balaban J connectivity index is 1.88. The number of likely N-dealkylation sites (tertiary alicyclic amines) is 1. The molecule has 1 atom stereocenters. The van der Waals surface area contributed by atoms with Crippen LogP contribution >= 0.6 is 0 Å². The standard InChI is InChI=1S/C15H22N2O/c1-12(2)14-9-6-10-17(14)15(18)16-11-13-7-4-3-5-8-13/h3-5,7-8,12,14H,6,9-11H2,1-2H3,(H,16,18). The maximum absolute atomic E-state index is 12.1. The number of carbonyl (C=O) groups is 1. The van der Waals surface area contributed by atoms with Crippen LogP contribution in [-0.4, -0.2) is 23.5 Å². The predicted octanol–water partition coefficient (Wildman–Crippen LogP) is 3.02. The fourth-order valence-corrected chi connectivity index (χ4v) is 2.61.